The van der Waals surface area contributed by atoms with Gasteiger partial charge in [-0.15, -0.1) is 0 Å². The molecule has 0 amide bonds. The van der Waals surface area contributed by atoms with Crippen LogP contribution < -0.4 is 0 Å². The van der Waals surface area contributed by atoms with E-state index in [0.717, 1.165) is 9.09 Å². The van der Waals surface area contributed by atoms with Crippen LogP contribution in [0.3, 0.4) is 0 Å². The van der Waals surface area contributed by atoms with Gasteiger partial charge in [0.15, 0.2) is 0 Å². The molecule has 0 saturated carbocycles. The number of nitrogens with one attached hydrogen (secondary N) is 1. The Morgan fingerprint density at radius 3 is 3.00 bits per heavy atom. The van der Waals surface area contributed by atoms with Crippen molar-refractivity contribution in [1.29, 1.82) is 0 Å². The van der Waals surface area contributed by atoms with Crippen LogP contribution in [-0.4, -0.2) is 10.2 Å². The summed E-state index contributed by atoms with van der Waals surface area (Å²) < 4.78 is 14.0. The fourth-order valence-corrected chi connectivity index (χ4v) is 1.66. The van der Waals surface area contributed by atoms with Crippen LogP contribution in [0, 0.1) is 16.4 Å². The number of benzene rings is 1. The molecule has 0 spiro atoms. The summed E-state index contributed by atoms with van der Waals surface area (Å²) in [7, 11) is 0. The molecule has 12 heavy (non-hydrogen) atoms. The topological polar surface area (TPSA) is 28.7 Å². The van der Waals surface area contributed by atoms with Gasteiger partial charge in [-0.05, 0) is 41.1 Å². The Balaban J connectivity index is 2.87. The van der Waals surface area contributed by atoms with E-state index >= 15 is 0 Å². The number of aromatic amines is 1. The van der Waals surface area contributed by atoms with Gasteiger partial charge in [0.2, 0.25) is 0 Å². The van der Waals surface area contributed by atoms with Gasteiger partial charge in [0.05, 0.1) is 5.52 Å². The van der Waals surface area contributed by atoms with Crippen molar-refractivity contribution in [1.82, 2.24) is 10.2 Å². The van der Waals surface area contributed by atoms with E-state index in [4.69, 9.17) is 0 Å². The number of aromatic nitrogens is 2. The Morgan fingerprint density at radius 1 is 1.50 bits per heavy atom. The van der Waals surface area contributed by atoms with E-state index in [2.05, 4.69) is 32.8 Å². The van der Waals surface area contributed by atoms with Gasteiger partial charge in [0.1, 0.15) is 9.52 Å². The average molecular weight is 276 g/mol. The molecule has 0 aliphatic heterocycles. The number of halogens is 2. The van der Waals surface area contributed by atoms with Crippen LogP contribution in [0.5, 0.6) is 0 Å². The Hall–Kier alpha value is -0.650. The highest BCUT2D eigenvalue weighted by molar-refractivity contribution is 14.1. The molecule has 0 radical (unpaired) electrons. The van der Waals surface area contributed by atoms with Crippen molar-refractivity contribution in [2.45, 2.75) is 6.92 Å². The number of nitrogens with zero attached hydrogens (tertiary/aromatic N) is 1. The lowest BCUT2D eigenvalue weighted by molar-refractivity contribution is 0.620. The molecule has 4 heteroatoms. The van der Waals surface area contributed by atoms with E-state index in [0.29, 0.717) is 11.1 Å². The quantitative estimate of drug-likeness (QED) is 0.736. The zero-order valence-electron chi connectivity index (χ0n) is 6.36. The first-order valence-electron chi connectivity index (χ1n) is 3.48. The number of hydrogen-bond acceptors (Lipinski definition) is 1. The summed E-state index contributed by atoms with van der Waals surface area (Å²) in [6.07, 6.45) is 0. The third-order valence-corrected chi connectivity index (χ3v) is 2.61. The summed E-state index contributed by atoms with van der Waals surface area (Å²) in [6.45, 7) is 1.75. The zero-order chi connectivity index (χ0) is 8.72. The molecule has 0 unspecified atom stereocenters. The van der Waals surface area contributed by atoms with Crippen molar-refractivity contribution in [2.75, 3.05) is 0 Å². The lowest BCUT2D eigenvalue weighted by Crippen LogP contribution is -1.81. The minimum Gasteiger partial charge on any atom is -0.271 e. The minimum atomic E-state index is -0.203. The Labute approximate surface area is 82.3 Å². The summed E-state index contributed by atoms with van der Waals surface area (Å²) in [5.74, 6) is -0.203. The highest BCUT2D eigenvalue weighted by Gasteiger charge is 2.05. The van der Waals surface area contributed by atoms with Crippen LogP contribution >= 0.6 is 22.6 Å². The Kier molecular flexibility index (Phi) is 1.79. The third-order valence-electron chi connectivity index (χ3n) is 1.79. The van der Waals surface area contributed by atoms with Crippen LogP contribution in [0.15, 0.2) is 12.1 Å². The molecule has 2 aromatic rings. The molecule has 1 heterocycles. The average Bonchev–Trinajstić information content (AvgIpc) is 2.35. The lowest BCUT2D eigenvalue weighted by Gasteiger charge is -1.94. The highest BCUT2D eigenvalue weighted by Crippen LogP contribution is 2.20. The molecule has 2 nitrogen and oxygen atoms in total. The summed E-state index contributed by atoms with van der Waals surface area (Å²) in [5.41, 5.74) is 1.34. The van der Waals surface area contributed by atoms with Crippen molar-refractivity contribution < 1.29 is 4.39 Å². The van der Waals surface area contributed by atoms with Gasteiger partial charge in [-0.25, -0.2) is 4.39 Å². The maximum Gasteiger partial charge on any atom is 0.128 e. The van der Waals surface area contributed by atoms with Gasteiger partial charge in [0.25, 0.3) is 0 Å². The molecular formula is C8H6FIN2. The largest absolute Gasteiger partial charge is 0.271 e. The van der Waals surface area contributed by atoms with Crippen molar-refractivity contribution in [3.05, 3.63) is 27.2 Å². The summed E-state index contributed by atoms with van der Waals surface area (Å²) >= 11 is 2.14. The van der Waals surface area contributed by atoms with Crippen molar-refractivity contribution in [3.63, 3.8) is 0 Å². The van der Waals surface area contributed by atoms with Crippen LogP contribution in [0.25, 0.3) is 10.9 Å². The predicted molar refractivity (Wildman–Crippen MR) is 53.5 cm³/mol. The van der Waals surface area contributed by atoms with E-state index in [1.807, 2.05) is 0 Å². The normalized spacial score (nSPS) is 10.9. The summed E-state index contributed by atoms with van der Waals surface area (Å²) in [5, 5.41) is 7.73. The van der Waals surface area contributed by atoms with E-state index in [-0.39, 0.29) is 5.82 Å². The van der Waals surface area contributed by atoms with E-state index in [9.17, 15) is 4.39 Å². The van der Waals surface area contributed by atoms with Gasteiger partial charge < -0.3 is 0 Å². The highest BCUT2D eigenvalue weighted by atomic mass is 127. The molecule has 0 fully saturated rings. The molecule has 62 valence electrons. The van der Waals surface area contributed by atoms with Crippen molar-refractivity contribution in [2.24, 2.45) is 0 Å². The molecule has 0 aliphatic carbocycles. The van der Waals surface area contributed by atoms with Gasteiger partial charge in [0, 0.05) is 11.5 Å². The number of hydrogen-bond donors (Lipinski definition) is 1. The van der Waals surface area contributed by atoms with Gasteiger partial charge >= 0.3 is 0 Å². The predicted octanol–water partition coefficient (Wildman–Crippen LogP) is 2.62. The number of H-pyrrole nitrogens is 1. The summed E-state index contributed by atoms with van der Waals surface area (Å²) in [4.78, 5) is 0. The fraction of sp³-hybridized carbons (Fsp3) is 0.125. The Morgan fingerprint density at radius 2 is 2.25 bits per heavy atom. The second-order valence-electron chi connectivity index (χ2n) is 2.66. The fourth-order valence-electron chi connectivity index (χ4n) is 1.11. The molecule has 0 atom stereocenters. The summed E-state index contributed by atoms with van der Waals surface area (Å²) in [6, 6.07) is 3.25. The first kappa shape index (κ1) is 7.97. The third kappa shape index (κ3) is 1.10. The molecule has 1 N–H and O–H groups in total. The molecule has 1 aromatic carbocycles. The standard InChI is InChI=1S/C8H6FIN2/c1-4-2-5-7(3-6(4)9)11-12-8(5)10/h2-3H,1H3,(H,11,12). The molecule has 1 aromatic heterocycles. The van der Waals surface area contributed by atoms with Crippen LogP contribution in [0.2, 0.25) is 0 Å². The molecule has 0 bridgehead atoms. The van der Waals surface area contributed by atoms with Crippen LogP contribution in [0.1, 0.15) is 5.56 Å². The molecular weight excluding hydrogens is 270 g/mol. The van der Waals surface area contributed by atoms with Crippen LogP contribution in [-0.2, 0) is 0 Å². The SMILES string of the molecule is Cc1cc2c(I)[nH]nc2cc1F. The van der Waals surface area contributed by atoms with Gasteiger partial charge in [-0.2, -0.15) is 5.10 Å². The molecule has 0 aliphatic rings. The number of aryl methyl sites for hydroxylation is 1. The lowest BCUT2D eigenvalue weighted by atomic mass is 10.2. The van der Waals surface area contributed by atoms with Crippen molar-refractivity contribution in [3.8, 4) is 0 Å². The smallest absolute Gasteiger partial charge is 0.128 e. The van der Waals surface area contributed by atoms with Gasteiger partial charge in [-0.3, -0.25) is 5.10 Å². The number of rotatable bonds is 0. The minimum absolute atomic E-state index is 0.203. The Bertz CT molecular complexity index is 436. The van der Waals surface area contributed by atoms with Crippen molar-refractivity contribution >= 4 is 33.5 Å². The molecule has 2 rings (SSSR count). The zero-order valence-corrected chi connectivity index (χ0v) is 8.52. The van der Waals surface area contributed by atoms with Crippen LogP contribution in [0.4, 0.5) is 4.39 Å². The second-order valence-corrected chi connectivity index (χ2v) is 3.73. The van der Waals surface area contributed by atoms with E-state index in [1.54, 1.807) is 13.0 Å². The maximum atomic E-state index is 13.0. The van der Waals surface area contributed by atoms with E-state index < -0.39 is 0 Å². The molecule has 0 saturated heterocycles. The monoisotopic (exact) mass is 276 g/mol. The first-order valence-corrected chi connectivity index (χ1v) is 4.56. The number of fused-ring (bicyclic) bond motifs is 1. The van der Waals surface area contributed by atoms with Gasteiger partial charge in [-0.1, -0.05) is 0 Å². The van der Waals surface area contributed by atoms with E-state index in [1.165, 1.54) is 6.07 Å². The second kappa shape index (κ2) is 2.69. The maximum absolute atomic E-state index is 13.0. The first-order chi connectivity index (χ1) is 5.68.